The molecule has 0 aromatic heterocycles. The Balaban J connectivity index is 1.87. The third-order valence-electron chi connectivity index (χ3n) is 3.09. The van der Waals surface area contributed by atoms with Crippen LogP contribution in [0.25, 0.3) is 12.2 Å². The van der Waals surface area contributed by atoms with E-state index in [1.165, 1.54) is 16.8 Å². The first-order valence-electron chi connectivity index (χ1n) is 6.19. The van der Waals surface area contributed by atoms with Crippen molar-refractivity contribution in [2.24, 2.45) is 0 Å². The van der Waals surface area contributed by atoms with Crippen LogP contribution in [-0.4, -0.2) is 6.54 Å². The highest BCUT2D eigenvalue weighted by molar-refractivity contribution is 5.73. The first-order valence-corrected chi connectivity index (χ1v) is 6.19. The molecular weight excluding hydrogens is 218 g/mol. The standard InChI is InChI=1S/C17H15N/c1-2-7-15(8-3-1)12-14-18-13-6-10-16-9-4-5-11-17(16)18/h1-12,14H,13H2. The quantitative estimate of drug-likeness (QED) is 0.751. The molecule has 88 valence electrons. The molecule has 0 unspecified atom stereocenters. The van der Waals surface area contributed by atoms with Crippen LogP contribution >= 0.6 is 0 Å². The second kappa shape index (κ2) is 4.92. The summed E-state index contributed by atoms with van der Waals surface area (Å²) in [6.07, 6.45) is 8.67. The summed E-state index contributed by atoms with van der Waals surface area (Å²) in [7, 11) is 0. The average molecular weight is 233 g/mol. The fourth-order valence-corrected chi connectivity index (χ4v) is 2.16. The Bertz CT molecular complexity index is 582. The molecule has 0 bridgehead atoms. The predicted molar refractivity (Wildman–Crippen MR) is 78.3 cm³/mol. The summed E-state index contributed by atoms with van der Waals surface area (Å²) in [6, 6.07) is 18.9. The lowest BCUT2D eigenvalue weighted by Gasteiger charge is -2.24. The van der Waals surface area contributed by atoms with Gasteiger partial charge in [-0.25, -0.2) is 0 Å². The number of rotatable bonds is 2. The SMILES string of the molecule is C1=Cc2ccccc2N(C=Cc2ccccc2)C1. The lowest BCUT2D eigenvalue weighted by molar-refractivity contribution is 1.08. The normalized spacial score (nSPS) is 13.9. The van der Waals surface area contributed by atoms with Gasteiger partial charge in [0.2, 0.25) is 0 Å². The van der Waals surface area contributed by atoms with E-state index in [0.717, 1.165) is 6.54 Å². The predicted octanol–water partition coefficient (Wildman–Crippen LogP) is 4.19. The molecule has 0 amide bonds. The second-order valence-corrected chi connectivity index (χ2v) is 4.34. The van der Waals surface area contributed by atoms with Gasteiger partial charge in [0.05, 0.1) is 0 Å². The van der Waals surface area contributed by atoms with Crippen molar-refractivity contribution in [3.63, 3.8) is 0 Å². The monoisotopic (exact) mass is 233 g/mol. The number of anilines is 1. The van der Waals surface area contributed by atoms with Gasteiger partial charge in [-0.3, -0.25) is 0 Å². The molecule has 0 spiro atoms. The summed E-state index contributed by atoms with van der Waals surface area (Å²) in [5, 5.41) is 0. The van der Waals surface area contributed by atoms with Crippen LogP contribution in [-0.2, 0) is 0 Å². The van der Waals surface area contributed by atoms with Gasteiger partial charge in [0.25, 0.3) is 0 Å². The zero-order valence-corrected chi connectivity index (χ0v) is 10.2. The van der Waals surface area contributed by atoms with Crippen molar-refractivity contribution in [2.45, 2.75) is 0 Å². The Kier molecular flexibility index (Phi) is 2.97. The average Bonchev–Trinajstić information content (AvgIpc) is 2.46. The lowest BCUT2D eigenvalue weighted by atomic mass is 10.1. The molecule has 1 aliphatic heterocycles. The zero-order valence-electron chi connectivity index (χ0n) is 10.2. The third kappa shape index (κ3) is 2.21. The second-order valence-electron chi connectivity index (χ2n) is 4.34. The number of benzene rings is 2. The molecular formula is C17H15N. The number of hydrogen-bond acceptors (Lipinski definition) is 1. The topological polar surface area (TPSA) is 3.24 Å². The van der Waals surface area contributed by atoms with E-state index in [4.69, 9.17) is 0 Å². The highest BCUT2D eigenvalue weighted by Gasteiger charge is 2.08. The molecule has 18 heavy (non-hydrogen) atoms. The molecule has 0 atom stereocenters. The molecule has 1 heterocycles. The van der Waals surface area contributed by atoms with Crippen LogP contribution in [0.5, 0.6) is 0 Å². The maximum absolute atomic E-state index is 2.27. The minimum Gasteiger partial charge on any atom is -0.344 e. The van der Waals surface area contributed by atoms with Crippen molar-refractivity contribution in [3.05, 3.63) is 78.0 Å². The number of para-hydroxylation sites is 1. The van der Waals surface area contributed by atoms with Gasteiger partial charge in [-0.15, -0.1) is 0 Å². The van der Waals surface area contributed by atoms with E-state index in [1.54, 1.807) is 0 Å². The molecule has 1 aliphatic rings. The summed E-state index contributed by atoms with van der Waals surface area (Å²) in [5.41, 5.74) is 3.78. The van der Waals surface area contributed by atoms with E-state index in [2.05, 4.69) is 77.9 Å². The summed E-state index contributed by atoms with van der Waals surface area (Å²) >= 11 is 0. The molecule has 0 aliphatic carbocycles. The Morgan fingerprint density at radius 1 is 0.889 bits per heavy atom. The van der Waals surface area contributed by atoms with Crippen molar-refractivity contribution in [1.29, 1.82) is 0 Å². The van der Waals surface area contributed by atoms with Gasteiger partial charge in [0.1, 0.15) is 0 Å². The van der Waals surface area contributed by atoms with Gasteiger partial charge in [0.15, 0.2) is 0 Å². The Morgan fingerprint density at radius 2 is 1.67 bits per heavy atom. The van der Waals surface area contributed by atoms with Gasteiger partial charge in [0, 0.05) is 18.4 Å². The number of fused-ring (bicyclic) bond motifs is 1. The van der Waals surface area contributed by atoms with E-state index in [-0.39, 0.29) is 0 Å². The van der Waals surface area contributed by atoms with Crippen LogP contribution in [0.1, 0.15) is 11.1 Å². The van der Waals surface area contributed by atoms with Crippen LogP contribution in [0.15, 0.2) is 66.9 Å². The highest BCUT2D eigenvalue weighted by atomic mass is 15.1. The largest absolute Gasteiger partial charge is 0.344 e. The smallest absolute Gasteiger partial charge is 0.0482 e. The van der Waals surface area contributed by atoms with Gasteiger partial charge < -0.3 is 4.90 Å². The van der Waals surface area contributed by atoms with Crippen LogP contribution in [0.4, 0.5) is 5.69 Å². The molecule has 0 N–H and O–H groups in total. The Morgan fingerprint density at radius 3 is 2.56 bits per heavy atom. The van der Waals surface area contributed by atoms with Crippen LogP contribution in [0, 0.1) is 0 Å². The van der Waals surface area contributed by atoms with Gasteiger partial charge >= 0.3 is 0 Å². The summed E-state index contributed by atoms with van der Waals surface area (Å²) in [5.74, 6) is 0. The fraction of sp³-hybridized carbons (Fsp3) is 0.0588. The first kappa shape index (κ1) is 10.8. The molecule has 1 heteroatoms. The van der Waals surface area contributed by atoms with Crippen molar-refractivity contribution < 1.29 is 0 Å². The van der Waals surface area contributed by atoms with E-state index in [9.17, 15) is 0 Å². The van der Waals surface area contributed by atoms with Crippen molar-refractivity contribution in [1.82, 2.24) is 0 Å². The molecule has 0 fully saturated rings. The third-order valence-corrected chi connectivity index (χ3v) is 3.09. The molecule has 3 rings (SSSR count). The van der Waals surface area contributed by atoms with Crippen LogP contribution in [0.2, 0.25) is 0 Å². The van der Waals surface area contributed by atoms with Crippen molar-refractivity contribution >= 4 is 17.8 Å². The van der Waals surface area contributed by atoms with Crippen molar-refractivity contribution in [3.8, 4) is 0 Å². The van der Waals surface area contributed by atoms with E-state index >= 15 is 0 Å². The maximum Gasteiger partial charge on any atom is 0.0482 e. The first-order chi connectivity index (χ1) is 8.93. The van der Waals surface area contributed by atoms with Gasteiger partial charge in [-0.2, -0.15) is 0 Å². The molecule has 0 saturated carbocycles. The van der Waals surface area contributed by atoms with E-state index < -0.39 is 0 Å². The van der Waals surface area contributed by atoms with Crippen molar-refractivity contribution in [2.75, 3.05) is 11.4 Å². The zero-order chi connectivity index (χ0) is 12.2. The van der Waals surface area contributed by atoms with E-state index in [1.807, 2.05) is 6.07 Å². The maximum atomic E-state index is 2.27. The van der Waals surface area contributed by atoms with Gasteiger partial charge in [-0.1, -0.05) is 60.7 Å². The lowest BCUT2D eigenvalue weighted by Crippen LogP contribution is -2.18. The minimum atomic E-state index is 0.931. The molecule has 0 saturated heterocycles. The van der Waals surface area contributed by atoms with Crippen LogP contribution < -0.4 is 4.90 Å². The van der Waals surface area contributed by atoms with E-state index in [0.29, 0.717) is 0 Å². The highest BCUT2D eigenvalue weighted by Crippen LogP contribution is 2.25. The van der Waals surface area contributed by atoms with Crippen LogP contribution in [0.3, 0.4) is 0 Å². The van der Waals surface area contributed by atoms with Gasteiger partial charge in [-0.05, 0) is 23.3 Å². The number of hydrogen-bond donors (Lipinski definition) is 0. The summed E-state index contributed by atoms with van der Waals surface area (Å²) in [6.45, 7) is 0.931. The Hall–Kier alpha value is -2.28. The molecule has 0 radical (unpaired) electrons. The summed E-state index contributed by atoms with van der Waals surface area (Å²) < 4.78 is 0. The minimum absolute atomic E-state index is 0.931. The summed E-state index contributed by atoms with van der Waals surface area (Å²) in [4.78, 5) is 2.27. The Labute approximate surface area is 108 Å². The number of nitrogens with zero attached hydrogens (tertiary/aromatic N) is 1. The fourth-order valence-electron chi connectivity index (χ4n) is 2.16. The molecule has 2 aromatic carbocycles. The molecule has 1 nitrogen and oxygen atoms in total. The molecule has 2 aromatic rings.